The third kappa shape index (κ3) is 2.79. The number of nitrogens with zero attached hydrogens (tertiary/aromatic N) is 3. The van der Waals surface area contributed by atoms with Crippen LogP contribution in [0.15, 0.2) is 18.2 Å². The van der Waals surface area contributed by atoms with Gasteiger partial charge >= 0.3 is 5.97 Å². The zero-order chi connectivity index (χ0) is 14.7. The minimum atomic E-state index is -0.478. The maximum atomic E-state index is 12.1. The van der Waals surface area contributed by atoms with Crippen molar-refractivity contribution < 1.29 is 9.53 Å². The fraction of sp³-hybridized carbons (Fsp3) is 0.357. The molecule has 20 heavy (non-hydrogen) atoms. The lowest BCUT2D eigenvalue weighted by Gasteiger charge is -2.07. The second-order valence-electron chi connectivity index (χ2n) is 4.51. The number of pyridine rings is 1. The molecule has 0 saturated carbocycles. The zero-order valence-corrected chi connectivity index (χ0v) is 11.9. The van der Waals surface area contributed by atoms with Crippen molar-refractivity contribution in [1.29, 1.82) is 0 Å². The summed E-state index contributed by atoms with van der Waals surface area (Å²) in [5, 5.41) is 4.19. The van der Waals surface area contributed by atoms with Crippen molar-refractivity contribution in [2.75, 3.05) is 5.73 Å². The Bertz CT molecular complexity index is 634. The molecule has 2 N–H and O–H groups in total. The van der Waals surface area contributed by atoms with Crippen molar-refractivity contribution in [2.45, 2.75) is 33.9 Å². The largest absolute Gasteiger partial charge is 0.454 e. The van der Waals surface area contributed by atoms with Gasteiger partial charge in [-0.2, -0.15) is 5.10 Å². The van der Waals surface area contributed by atoms with Gasteiger partial charge in [0.2, 0.25) is 0 Å². The summed E-state index contributed by atoms with van der Waals surface area (Å²) in [7, 11) is 0. The Hall–Kier alpha value is -2.37. The fourth-order valence-corrected chi connectivity index (χ4v) is 1.93. The molecule has 0 aromatic carbocycles. The summed E-state index contributed by atoms with van der Waals surface area (Å²) < 4.78 is 6.82. The lowest BCUT2D eigenvalue weighted by molar-refractivity contribution is 0.0454. The molecular formula is C14H18N4O2. The van der Waals surface area contributed by atoms with Crippen LogP contribution in [0, 0.1) is 13.8 Å². The van der Waals surface area contributed by atoms with Crippen LogP contribution < -0.4 is 5.73 Å². The average Bonchev–Trinajstić information content (AvgIpc) is 2.72. The van der Waals surface area contributed by atoms with Crippen molar-refractivity contribution in [3.05, 3.63) is 41.0 Å². The van der Waals surface area contributed by atoms with Crippen LogP contribution in [0.1, 0.15) is 34.5 Å². The number of hydrogen-bond donors (Lipinski definition) is 1. The molecule has 0 radical (unpaired) electrons. The fourth-order valence-electron chi connectivity index (χ4n) is 1.93. The molecule has 0 spiro atoms. The molecule has 2 rings (SSSR count). The molecule has 0 atom stereocenters. The average molecular weight is 274 g/mol. The molecule has 0 aliphatic rings. The first kappa shape index (κ1) is 14.0. The highest BCUT2D eigenvalue weighted by atomic mass is 16.5. The summed E-state index contributed by atoms with van der Waals surface area (Å²) in [6.45, 7) is 6.23. The van der Waals surface area contributed by atoms with E-state index in [-0.39, 0.29) is 6.61 Å². The van der Waals surface area contributed by atoms with Gasteiger partial charge in [-0.15, -0.1) is 0 Å². The van der Waals surface area contributed by atoms with E-state index in [0.717, 1.165) is 5.69 Å². The molecule has 0 amide bonds. The predicted molar refractivity (Wildman–Crippen MR) is 75.1 cm³/mol. The molecule has 0 bridgehead atoms. The van der Waals surface area contributed by atoms with Crippen LogP contribution in [0.5, 0.6) is 0 Å². The number of rotatable bonds is 4. The van der Waals surface area contributed by atoms with E-state index in [9.17, 15) is 4.79 Å². The summed E-state index contributed by atoms with van der Waals surface area (Å²) in [5.41, 5.74) is 8.76. The number of aromatic nitrogens is 3. The minimum absolute atomic E-state index is 0.119. The summed E-state index contributed by atoms with van der Waals surface area (Å²) in [6.07, 6.45) is 0. The van der Waals surface area contributed by atoms with Crippen LogP contribution in [-0.2, 0) is 17.9 Å². The van der Waals surface area contributed by atoms with Crippen LogP contribution in [-0.4, -0.2) is 20.7 Å². The quantitative estimate of drug-likeness (QED) is 0.860. The number of nitrogens with two attached hydrogens (primary N) is 1. The van der Waals surface area contributed by atoms with Gasteiger partial charge in [-0.25, -0.2) is 4.79 Å². The molecule has 2 heterocycles. The van der Waals surface area contributed by atoms with Crippen molar-refractivity contribution in [2.24, 2.45) is 0 Å². The van der Waals surface area contributed by atoms with Crippen molar-refractivity contribution >= 4 is 11.7 Å². The second kappa shape index (κ2) is 5.73. The van der Waals surface area contributed by atoms with Gasteiger partial charge in [-0.05, 0) is 32.9 Å². The monoisotopic (exact) mass is 274 g/mol. The lowest BCUT2D eigenvalue weighted by Crippen LogP contribution is -2.14. The smallest absolute Gasteiger partial charge is 0.359 e. The van der Waals surface area contributed by atoms with Crippen molar-refractivity contribution in [3.8, 4) is 0 Å². The highest BCUT2D eigenvalue weighted by Gasteiger charge is 2.20. The molecule has 0 aliphatic heterocycles. The Morgan fingerprint density at radius 3 is 2.80 bits per heavy atom. The van der Waals surface area contributed by atoms with E-state index in [2.05, 4.69) is 10.1 Å². The molecule has 6 nitrogen and oxygen atoms in total. The third-order valence-electron chi connectivity index (χ3n) is 2.96. The Balaban J connectivity index is 2.13. The van der Waals surface area contributed by atoms with Crippen molar-refractivity contribution in [1.82, 2.24) is 14.8 Å². The number of nitrogen functional groups attached to an aromatic ring is 1. The number of hydrogen-bond acceptors (Lipinski definition) is 5. The normalized spacial score (nSPS) is 10.6. The van der Waals surface area contributed by atoms with Crippen LogP contribution in [0.25, 0.3) is 0 Å². The second-order valence-corrected chi connectivity index (χ2v) is 4.51. The molecule has 0 aliphatic carbocycles. The van der Waals surface area contributed by atoms with Gasteiger partial charge in [0, 0.05) is 12.2 Å². The van der Waals surface area contributed by atoms with Gasteiger partial charge in [0.25, 0.3) is 0 Å². The SMILES string of the molecule is CCn1nc(C)c(N)c1C(=O)OCc1cccc(C)n1. The number of anilines is 1. The number of ether oxygens (including phenoxy) is 1. The molecule has 106 valence electrons. The van der Waals surface area contributed by atoms with E-state index in [4.69, 9.17) is 10.5 Å². The Kier molecular flexibility index (Phi) is 4.02. The summed E-state index contributed by atoms with van der Waals surface area (Å²) in [4.78, 5) is 16.4. The molecule has 2 aromatic heterocycles. The van der Waals surface area contributed by atoms with E-state index in [0.29, 0.717) is 29.3 Å². The summed E-state index contributed by atoms with van der Waals surface area (Å²) in [5.74, 6) is -0.478. The van der Waals surface area contributed by atoms with Gasteiger partial charge in [0.05, 0.1) is 17.1 Å². The Morgan fingerprint density at radius 2 is 2.15 bits per heavy atom. The summed E-state index contributed by atoms with van der Waals surface area (Å²) >= 11 is 0. The first-order valence-corrected chi connectivity index (χ1v) is 6.45. The van der Waals surface area contributed by atoms with E-state index in [1.165, 1.54) is 0 Å². The van der Waals surface area contributed by atoms with Crippen LogP contribution in [0.4, 0.5) is 5.69 Å². The van der Waals surface area contributed by atoms with E-state index < -0.39 is 5.97 Å². The number of aryl methyl sites for hydroxylation is 3. The number of carbonyl (C=O) groups is 1. The van der Waals surface area contributed by atoms with Gasteiger partial charge in [0.1, 0.15) is 6.61 Å². The predicted octanol–water partition coefficient (Wildman–Crippen LogP) is 1.85. The maximum Gasteiger partial charge on any atom is 0.359 e. The highest BCUT2D eigenvalue weighted by Crippen LogP contribution is 2.18. The Morgan fingerprint density at radius 1 is 1.40 bits per heavy atom. The molecule has 0 unspecified atom stereocenters. The maximum absolute atomic E-state index is 12.1. The molecule has 0 saturated heterocycles. The Labute approximate surface area is 117 Å². The molecule has 2 aromatic rings. The van der Waals surface area contributed by atoms with E-state index in [1.54, 1.807) is 11.6 Å². The number of esters is 1. The van der Waals surface area contributed by atoms with Crippen molar-refractivity contribution in [3.63, 3.8) is 0 Å². The molecule has 0 fully saturated rings. The van der Waals surface area contributed by atoms with Gasteiger partial charge < -0.3 is 10.5 Å². The molecule has 6 heteroatoms. The van der Waals surface area contributed by atoms with E-state index in [1.807, 2.05) is 32.0 Å². The van der Waals surface area contributed by atoms with E-state index >= 15 is 0 Å². The summed E-state index contributed by atoms with van der Waals surface area (Å²) in [6, 6.07) is 5.57. The van der Waals surface area contributed by atoms with Crippen LogP contribution in [0.3, 0.4) is 0 Å². The first-order valence-electron chi connectivity index (χ1n) is 6.45. The minimum Gasteiger partial charge on any atom is -0.454 e. The van der Waals surface area contributed by atoms with Crippen LogP contribution >= 0.6 is 0 Å². The highest BCUT2D eigenvalue weighted by molar-refractivity contribution is 5.93. The zero-order valence-electron chi connectivity index (χ0n) is 11.9. The number of carbonyl (C=O) groups excluding carboxylic acids is 1. The van der Waals surface area contributed by atoms with Gasteiger partial charge in [0.15, 0.2) is 5.69 Å². The van der Waals surface area contributed by atoms with Crippen LogP contribution in [0.2, 0.25) is 0 Å². The van der Waals surface area contributed by atoms with Gasteiger partial charge in [-0.3, -0.25) is 9.67 Å². The van der Waals surface area contributed by atoms with Gasteiger partial charge in [-0.1, -0.05) is 6.07 Å². The molecular weight excluding hydrogens is 256 g/mol. The third-order valence-corrected chi connectivity index (χ3v) is 2.96. The lowest BCUT2D eigenvalue weighted by atomic mass is 10.3. The first-order chi connectivity index (χ1) is 9.52. The standard InChI is InChI=1S/C14H18N4O2/c1-4-18-13(12(15)10(3)17-18)14(19)20-8-11-7-5-6-9(2)16-11/h5-7H,4,8,15H2,1-3H3. The topological polar surface area (TPSA) is 83.0 Å².